The van der Waals surface area contributed by atoms with E-state index in [0.717, 1.165) is 0 Å². The average Bonchev–Trinajstić information content (AvgIpc) is 2.46. The van der Waals surface area contributed by atoms with E-state index >= 15 is 0 Å². The Morgan fingerprint density at radius 3 is 2.24 bits per heavy atom. The molecule has 0 aliphatic carbocycles. The minimum Gasteiger partial charge on any atom is -0.480 e. The van der Waals surface area contributed by atoms with Crippen molar-refractivity contribution in [2.24, 2.45) is 0 Å². The summed E-state index contributed by atoms with van der Waals surface area (Å²) in [6.45, 7) is 3.13. The number of carboxylic acids is 1. The molecule has 0 aromatic rings. The summed E-state index contributed by atoms with van der Waals surface area (Å²) < 4.78 is 9.90. The van der Waals surface area contributed by atoms with Gasteiger partial charge in [-0.3, -0.25) is 9.59 Å². The van der Waals surface area contributed by atoms with Gasteiger partial charge < -0.3 is 24.8 Å². The lowest BCUT2D eigenvalue weighted by atomic mass is 10.2. The Hall–Kier alpha value is -2.11. The molecule has 0 rings (SSSR count). The molecule has 8 nitrogen and oxygen atoms in total. The zero-order chi connectivity index (χ0) is 16.3. The molecule has 0 aromatic heterocycles. The lowest BCUT2D eigenvalue weighted by Crippen LogP contribution is -2.39. The van der Waals surface area contributed by atoms with Gasteiger partial charge in [-0.1, -0.05) is 0 Å². The molecule has 0 bridgehead atoms. The molecule has 8 heteroatoms. The number of nitrogens with one attached hydrogen (secondary N) is 1. The van der Waals surface area contributed by atoms with Gasteiger partial charge in [0.25, 0.3) is 5.91 Å². The zero-order valence-corrected chi connectivity index (χ0v) is 12.5. The van der Waals surface area contributed by atoms with Crippen LogP contribution in [0.5, 0.6) is 0 Å². The smallest absolute Gasteiger partial charge is 0.325 e. The van der Waals surface area contributed by atoms with Crippen molar-refractivity contribution in [3.8, 4) is 6.07 Å². The van der Waals surface area contributed by atoms with E-state index < -0.39 is 17.9 Å². The van der Waals surface area contributed by atoms with Crippen LogP contribution >= 0.6 is 0 Å². The van der Waals surface area contributed by atoms with Gasteiger partial charge in [-0.2, -0.15) is 5.26 Å². The van der Waals surface area contributed by atoms with E-state index in [2.05, 4.69) is 5.32 Å². The van der Waals surface area contributed by atoms with Crippen LogP contribution in [0.2, 0.25) is 0 Å². The first-order valence-electron chi connectivity index (χ1n) is 6.33. The van der Waals surface area contributed by atoms with Crippen molar-refractivity contribution in [3.05, 3.63) is 11.8 Å². The topological polar surface area (TPSA) is 112 Å². The molecular weight excluding hydrogens is 278 g/mol. The largest absolute Gasteiger partial charge is 0.480 e. The number of hydrogen-bond acceptors (Lipinski definition) is 6. The van der Waals surface area contributed by atoms with Gasteiger partial charge in [0.05, 0.1) is 13.2 Å². The highest BCUT2D eigenvalue weighted by Crippen LogP contribution is 2.00. The molecule has 1 atom stereocenters. The van der Waals surface area contributed by atoms with Crippen LogP contribution in [0, 0.1) is 11.3 Å². The Labute approximate surface area is 123 Å². The molecule has 0 heterocycles. The van der Waals surface area contributed by atoms with E-state index in [4.69, 9.17) is 19.8 Å². The predicted molar refractivity (Wildman–Crippen MR) is 74.3 cm³/mol. The van der Waals surface area contributed by atoms with Crippen molar-refractivity contribution in [2.75, 3.05) is 40.5 Å². The summed E-state index contributed by atoms with van der Waals surface area (Å²) in [5.74, 6) is -1.90. The van der Waals surface area contributed by atoms with Crippen molar-refractivity contribution in [2.45, 2.75) is 13.0 Å². The van der Waals surface area contributed by atoms with Gasteiger partial charge in [0, 0.05) is 33.5 Å². The number of amides is 1. The molecule has 0 aromatic carbocycles. The Morgan fingerprint density at radius 1 is 1.33 bits per heavy atom. The minimum absolute atomic E-state index is 0.171. The maximum absolute atomic E-state index is 11.8. The molecule has 0 aliphatic rings. The lowest BCUT2D eigenvalue weighted by molar-refractivity contribution is -0.140. The van der Waals surface area contributed by atoms with Crippen LogP contribution in [0.1, 0.15) is 6.92 Å². The van der Waals surface area contributed by atoms with Crippen LogP contribution in [0.15, 0.2) is 11.8 Å². The lowest BCUT2D eigenvalue weighted by Gasteiger charge is -2.20. The van der Waals surface area contributed by atoms with E-state index in [9.17, 15) is 9.59 Å². The molecule has 0 saturated carbocycles. The Kier molecular flexibility index (Phi) is 9.58. The SMILES string of the molecule is COCCN(/C=C(/C#N)C(=O)NC(C)C(=O)O)CCOC. The number of methoxy groups -OCH3 is 2. The quantitative estimate of drug-likeness (QED) is 0.416. The van der Waals surface area contributed by atoms with Crippen LogP contribution in [0.25, 0.3) is 0 Å². The van der Waals surface area contributed by atoms with E-state index in [-0.39, 0.29) is 5.57 Å². The molecule has 0 fully saturated rings. The van der Waals surface area contributed by atoms with E-state index in [1.807, 2.05) is 0 Å². The Bertz CT molecular complexity index is 409. The third kappa shape index (κ3) is 7.91. The van der Waals surface area contributed by atoms with Crippen molar-refractivity contribution < 1.29 is 24.2 Å². The summed E-state index contributed by atoms with van der Waals surface area (Å²) in [6, 6.07) is 0.693. The monoisotopic (exact) mass is 299 g/mol. The number of carbonyl (C=O) groups is 2. The maximum Gasteiger partial charge on any atom is 0.325 e. The number of hydrogen-bond donors (Lipinski definition) is 2. The minimum atomic E-state index is -1.17. The third-order valence-electron chi connectivity index (χ3n) is 2.56. The summed E-state index contributed by atoms with van der Waals surface area (Å²) in [4.78, 5) is 24.2. The van der Waals surface area contributed by atoms with Gasteiger partial charge in [-0.15, -0.1) is 0 Å². The first-order valence-corrected chi connectivity index (χ1v) is 6.33. The second kappa shape index (κ2) is 10.7. The molecule has 0 spiro atoms. The van der Waals surface area contributed by atoms with Crippen LogP contribution in [0.3, 0.4) is 0 Å². The Balaban J connectivity index is 4.86. The van der Waals surface area contributed by atoms with Gasteiger partial charge in [0.1, 0.15) is 17.7 Å². The number of aliphatic carboxylic acids is 1. The van der Waals surface area contributed by atoms with Gasteiger partial charge in [0.15, 0.2) is 0 Å². The van der Waals surface area contributed by atoms with Crippen LogP contribution in [-0.2, 0) is 19.1 Å². The first kappa shape index (κ1) is 18.9. The number of carboxylic acid groups (broad SMARTS) is 1. The van der Waals surface area contributed by atoms with Gasteiger partial charge in [-0.25, -0.2) is 0 Å². The highest BCUT2D eigenvalue weighted by atomic mass is 16.5. The standard InChI is InChI=1S/C13H21N3O5/c1-10(13(18)19)15-12(17)11(8-14)9-16(4-6-20-2)5-7-21-3/h9-10H,4-7H2,1-3H3,(H,15,17)(H,18,19)/b11-9-. The van der Waals surface area contributed by atoms with Crippen LogP contribution in [-0.4, -0.2) is 68.4 Å². The third-order valence-corrected chi connectivity index (χ3v) is 2.56. The van der Waals surface area contributed by atoms with Gasteiger partial charge >= 0.3 is 5.97 Å². The Morgan fingerprint density at radius 2 is 1.86 bits per heavy atom. The van der Waals surface area contributed by atoms with E-state index in [1.54, 1.807) is 25.2 Å². The zero-order valence-electron chi connectivity index (χ0n) is 12.5. The number of nitriles is 1. The summed E-state index contributed by atoms with van der Waals surface area (Å²) >= 11 is 0. The number of carbonyl (C=O) groups excluding carboxylic acids is 1. The first-order chi connectivity index (χ1) is 9.96. The number of rotatable bonds is 10. The molecule has 0 aliphatic heterocycles. The van der Waals surface area contributed by atoms with Crippen LogP contribution < -0.4 is 5.32 Å². The highest BCUT2D eigenvalue weighted by molar-refractivity contribution is 5.99. The molecule has 118 valence electrons. The fourth-order valence-corrected chi connectivity index (χ4v) is 1.31. The van der Waals surface area contributed by atoms with Crippen LogP contribution in [0.4, 0.5) is 0 Å². The number of nitrogens with zero attached hydrogens (tertiary/aromatic N) is 2. The van der Waals surface area contributed by atoms with Crippen molar-refractivity contribution >= 4 is 11.9 Å². The van der Waals surface area contributed by atoms with Gasteiger partial charge in [0.2, 0.25) is 0 Å². The summed E-state index contributed by atoms with van der Waals surface area (Å²) in [7, 11) is 3.09. The molecular formula is C13H21N3O5. The highest BCUT2D eigenvalue weighted by Gasteiger charge is 2.17. The second-order valence-electron chi connectivity index (χ2n) is 4.21. The molecule has 0 radical (unpaired) electrons. The average molecular weight is 299 g/mol. The fourth-order valence-electron chi connectivity index (χ4n) is 1.31. The van der Waals surface area contributed by atoms with E-state index in [1.165, 1.54) is 13.1 Å². The predicted octanol–water partition coefficient (Wildman–Crippen LogP) is -0.422. The summed E-state index contributed by atoms with van der Waals surface area (Å²) in [6.07, 6.45) is 1.38. The molecule has 0 saturated heterocycles. The van der Waals surface area contributed by atoms with E-state index in [0.29, 0.717) is 26.3 Å². The maximum atomic E-state index is 11.8. The van der Waals surface area contributed by atoms with Gasteiger partial charge in [-0.05, 0) is 6.92 Å². The normalized spacial score (nSPS) is 12.4. The van der Waals surface area contributed by atoms with Crippen molar-refractivity contribution in [3.63, 3.8) is 0 Å². The second-order valence-corrected chi connectivity index (χ2v) is 4.21. The summed E-state index contributed by atoms with van der Waals surface area (Å²) in [5, 5.41) is 20.0. The fraction of sp³-hybridized carbons (Fsp3) is 0.615. The summed E-state index contributed by atoms with van der Waals surface area (Å²) in [5.41, 5.74) is -0.171. The van der Waals surface area contributed by atoms with Crippen molar-refractivity contribution in [1.29, 1.82) is 5.26 Å². The molecule has 21 heavy (non-hydrogen) atoms. The molecule has 1 unspecified atom stereocenters. The molecule has 1 amide bonds. The van der Waals surface area contributed by atoms with Crippen molar-refractivity contribution in [1.82, 2.24) is 10.2 Å². The molecule has 2 N–H and O–H groups in total. The number of ether oxygens (including phenoxy) is 2.